The summed E-state index contributed by atoms with van der Waals surface area (Å²) in [5, 5.41) is 1.48. The van der Waals surface area contributed by atoms with Crippen LogP contribution in [0.4, 0.5) is 0 Å². The van der Waals surface area contributed by atoms with Crippen molar-refractivity contribution in [2.24, 2.45) is 0 Å². The van der Waals surface area contributed by atoms with E-state index in [0.29, 0.717) is 33.6 Å². The molecule has 0 bridgehead atoms. The van der Waals surface area contributed by atoms with E-state index in [2.05, 4.69) is 5.43 Å². The zero-order valence-corrected chi connectivity index (χ0v) is 20.4. The maximum Gasteiger partial charge on any atom is 0.285 e. The largest absolute Gasteiger partial charge is 0.493 e. The molecule has 0 atom stereocenters. The number of benzene rings is 3. The average Bonchev–Trinajstić information content (AvgIpc) is 3.11. The second-order valence-corrected chi connectivity index (χ2v) is 9.27. The van der Waals surface area contributed by atoms with Crippen LogP contribution in [0.3, 0.4) is 0 Å². The van der Waals surface area contributed by atoms with Gasteiger partial charge in [0.1, 0.15) is 6.61 Å². The zero-order valence-electron chi connectivity index (χ0n) is 18.0. The van der Waals surface area contributed by atoms with E-state index in [-0.39, 0.29) is 4.32 Å². The van der Waals surface area contributed by atoms with Crippen molar-refractivity contribution < 1.29 is 19.1 Å². The van der Waals surface area contributed by atoms with Crippen LogP contribution >= 0.6 is 35.6 Å². The van der Waals surface area contributed by atoms with Crippen LogP contribution in [0.25, 0.3) is 6.08 Å². The number of hydrazine groups is 1. The summed E-state index contributed by atoms with van der Waals surface area (Å²) in [4.78, 5) is 25.8. The highest BCUT2D eigenvalue weighted by Gasteiger charge is 2.33. The van der Waals surface area contributed by atoms with Crippen LogP contribution in [0.15, 0.2) is 77.7 Å². The summed E-state index contributed by atoms with van der Waals surface area (Å²) >= 11 is 12.3. The van der Waals surface area contributed by atoms with E-state index in [1.165, 1.54) is 6.07 Å². The Hall–Kier alpha value is -3.33. The minimum absolute atomic E-state index is 0.224. The lowest BCUT2D eigenvalue weighted by Gasteiger charge is -2.15. The van der Waals surface area contributed by atoms with E-state index in [0.717, 1.165) is 27.9 Å². The topological polar surface area (TPSA) is 67.9 Å². The van der Waals surface area contributed by atoms with Gasteiger partial charge < -0.3 is 9.47 Å². The van der Waals surface area contributed by atoms with Crippen molar-refractivity contribution in [3.05, 3.63) is 99.4 Å². The molecule has 0 aromatic heterocycles. The SMILES string of the molecule is COc1cc(/C=C2\SC(=S)N(NC(=O)c3cccc(Cl)c3)C2=O)ccc1OCc1ccccc1. The van der Waals surface area contributed by atoms with Crippen molar-refractivity contribution in [2.75, 3.05) is 7.11 Å². The summed E-state index contributed by atoms with van der Waals surface area (Å²) in [6, 6.07) is 21.6. The number of ether oxygens (including phenoxy) is 2. The van der Waals surface area contributed by atoms with Crippen molar-refractivity contribution in [1.82, 2.24) is 10.4 Å². The number of amides is 2. The number of hydrogen-bond acceptors (Lipinski definition) is 6. The van der Waals surface area contributed by atoms with Crippen LogP contribution in [-0.4, -0.2) is 28.3 Å². The zero-order chi connectivity index (χ0) is 24.1. The van der Waals surface area contributed by atoms with E-state index in [1.54, 1.807) is 43.5 Å². The second kappa shape index (κ2) is 10.7. The van der Waals surface area contributed by atoms with E-state index >= 15 is 0 Å². The minimum atomic E-state index is -0.485. The van der Waals surface area contributed by atoms with Gasteiger partial charge in [0.05, 0.1) is 12.0 Å². The molecule has 0 spiro atoms. The molecule has 0 unspecified atom stereocenters. The van der Waals surface area contributed by atoms with Gasteiger partial charge in [0.15, 0.2) is 15.8 Å². The molecule has 172 valence electrons. The Morgan fingerprint density at radius 3 is 2.62 bits per heavy atom. The number of halogens is 1. The number of methoxy groups -OCH3 is 1. The number of rotatable bonds is 7. The molecule has 0 radical (unpaired) electrons. The van der Waals surface area contributed by atoms with Crippen LogP contribution < -0.4 is 14.9 Å². The third kappa shape index (κ3) is 5.59. The first-order valence-electron chi connectivity index (χ1n) is 10.1. The Morgan fingerprint density at radius 1 is 1.09 bits per heavy atom. The van der Waals surface area contributed by atoms with Crippen LogP contribution in [0.1, 0.15) is 21.5 Å². The monoisotopic (exact) mass is 510 g/mol. The predicted octanol–water partition coefficient (Wildman–Crippen LogP) is 5.47. The van der Waals surface area contributed by atoms with Crippen molar-refractivity contribution in [2.45, 2.75) is 6.61 Å². The molecule has 1 aliphatic heterocycles. The first-order valence-corrected chi connectivity index (χ1v) is 11.7. The molecule has 1 heterocycles. The van der Waals surface area contributed by atoms with Gasteiger partial charge in [-0.3, -0.25) is 15.0 Å². The van der Waals surface area contributed by atoms with Gasteiger partial charge in [-0.05, 0) is 59.8 Å². The van der Waals surface area contributed by atoms with Crippen LogP contribution in [0, 0.1) is 0 Å². The fourth-order valence-electron chi connectivity index (χ4n) is 3.14. The van der Waals surface area contributed by atoms with Gasteiger partial charge in [-0.2, -0.15) is 5.01 Å². The average molecular weight is 511 g/mol. The third-order valence-electron chi connectivity index (χ3n) is 4.82. The van der Waals surface area contributed by atoms with E-state index in [1.807, 2.05) is 36.4 Å². The summed E-state index contributed by atoms with van der Waals surface area (Å²) in [6.07, 6.45) is 1.69. The number of thiocarbonyl (C=S) groups is 1. The van der Waals surface area contributed by atoms with Gasteiger partial charge in [0.2, 0.25) is 0 Å². The molecule has 0 aliphatic carbocycles. The van der Waals surface area contributed by atoms with Crippen molar-refractivity contribution in [1.29, 1.82) is 0 Å². The molecule has 1 saturated heterocycles. The number of carbonyl (C=O) groups is 2. The minimum Gasteiger partial charge on any atom is -0.493 e. The van der Waals surface area contributed by atoms with Gasteiger partial charge in [0.25, 0.3) is 11.8 Å². The fourth-order valence-corrected chi connectivity index (χ4v) is 4.51. The molecule has 1 N–H and O–H groups in total. The molecule has 2 amide bonds. The molecule has 6 nitrogen and oxygen atoms in total. The number of carbonyl (C=O) groups excluding carboxylic acids is 2. The van der Waals surface area contributed by atoms with Crippen molar-refractivity contribution >= 4 is 57.8 Å². The molecule has 4 rings (SSSR count). The van der Waals surface area contributed by atoms with Gasteiger partial charge >= 0.3 is 0 Å². The molecule has 3 aromatic rings. The lowest BCUT2D eigenvalue weighted by Crippen LogP contribution is -2.44. The van der Waals surface area contributed by atoms with Crippen LogP contribution in [0.5, 0.6) is 11.5 Å². The summed E-state index contributed by atoms with van der Waals surface area (Å²) in [5.74, 6) is 0.217. The van der Waals surface area contributed by atoms with E-state index < -0.39 is 11.8 Å². The molecule has 1 fully saturated rings. The van der Waals surface area contributed by atoms with Crippen LogP contribution in [0.2, 0.25) is 5.02 Å². The van der Waals surface area contributed by atoms with Gasteiger partial charge in [-0.1, -0.05) is 65.8 Å². The highest BCUT2D eigenvalue weighted by molar-refractivity contribution is 8.26. The molecule has 34 heavy (non-hydrogen) atoms. The van der Waals surface area contributed by atoms with Crippen molar-refractivity contribution in [3.8, 4) is 11.5 Å². The standard InChI is InChI=1S/C25H19ClN2O4S2/c1-31-21-12-17(10-11-20(21)32-15-16-6-3-2-4-7-16)13-22-24(30)28(25(33)34-22)27-23(29)18-8-5-9-19(26)14-18/h2-14H,15H2,1H3,(H,27,29)/b22-13-. The summed E-state index contributed by atoms with van der Waals surface area (Å²) < 4.78 is 11.6. The second-order valence-electron chi connectivity index (χ2n) is 7.15. The van der Waals surface area contributed by atoms with Crippen LogP contribution in [-0.2, 0) is 11.4 Å². The Kier molecular flexibility index (Phi) is 7.52. The predicted molar refractivity (Wildman–Crippen MR) is 138 cm³/mol. The van der Waals surface area contributed by atoms with Gasteiger partial charge in [0, 0.05) is 10.6 Å². The highest BCUT2D eigenvalue weighted by Crippen LogP contribution is 2.34. The first-order chi connectivity index (χ1) is 16.4. The van der Waals surface area contributed by atoms with E-state index in [9.17, 15) is 9.59 Å². The Morgan fingerprint density at radius 2 is 1.88 bits per heavy atom. The number of thioether (sulfide) groups is 1. The number of nitrogens with one attached hydrogen (secondary N) is 1. The Bertz CT molecular complexity index is 1280. The van der Waals surface area contributed by atoms with Gasteiger partial charge in [-0.15, -0.1) is 0 Å². The lowest BCUT2D eigenvalue weighted by molar-refractivity contribution is -0.123. The lowest BCUT2D eigenvalue weighted by atomic mass is 10.2. The highest BCUT2D eigenvalue weighted by atomic mass is 35.5. The Balaban J connectivity index is 1.47. The normalized spacial score (nSPS) is 14.4. The van der Waals surface area contributed by atoms with E-state index in [4.69, 9.17) is 33.3 Å². The molecule has 9 heteroatoms. The van der Waals surface area contributed by atoms with Gasteiger partial charge in [-0.25, -0.2) is 0 Å². The number of nitrogens with zero attached hydrogens (tertiary/aromatic N) is 1. The third-order valence-corrected chi connectivity index (χ3v) is 6.35. The molecule has 0 saturated carbocycles. The quantitative estimate of drug-likeness (QED) is 0.335. The maximum atomic E-state index is 12.9. The maximum absolute atomic E-state index is 12.9. The van der Waals surface area contributed by atoms with Crippen molar-refractivity contribution in [3.63, 3.8) is 0 Å². The fraction of sp³-hybridized carbons (Fsp3) is 0.0800. The molecular formula is C25H19ClN2O4S2. The molecule has 1 aliphatic rings. The summed E-state index contributed by atoms with van der Waals surface area (Å²) in [5.41, 5.74) is 4.63. The summed E-state index contributed by atoms with van der Waals surface area (Å²) in [7, 11) is 1.55. The summed E-state index contributed by atoms with van der Waals surface area (Å²) in [6.45, 7) is 0.404. The molecule has 3 aromatic carbocycles. The first kappa shape index (κ1) is 23.8. The Labute approximate surface area is 211 Å². The smallest absolute Gasteiger partial charge is 0.285 e. The molecular weight excluding hydrogens is 492 g/mol. The number of hydrogen-bond donors (Lipinski definition) is 1.